The van der Waals surface area contributed by atoms with Gasteiger partial charge in [0.15, 0.2) is 25.2 Å². The van der Waals surface area contributed by atoms with E-state index in [-0.39, 0.29) is 17.5 Å². The number of aromatic nitrogens is 2. The van der Waals surface area contributed by atoms with Gasteiger partial charge in [-0.25, -0.2) is 13.6 Å². The van der Waals surface area contributed by atoms with E-state index < -0.39 is 23.0 Å². The van der Waals surface area contributed by atoms with Crippen molar-refractivity contribution in [2.24, 2.45) is 0 Å². The Morgan fingerprint density at radius 3 is 2.75 bits per heavy atom. The lowest BCUT2D eigenvalue weighted by molar-refractivity contribution is -0.0708. The Kier molecular flexibility index (Phi) is 3.83. The molecule has 2 radical (unpaired) electrons. The number of hydrogen-bond donors (Lipinski definition) is 1. The van der Waals surface area contributed by atoms with Crippen LogP contribution in [0.4, 0.5) is 14.6 Å². The Hall–Kier alpha value is -2.42. The monoisotopic (exact) mass is 333 g/mol. The van der Waals surface area contributed by atoms with Crippen LogP contribution in [-0.2, 0) is 12.2 Å². The van der Waals surface area contributed by atoms with E-state index in [0.717, 1.165) is 12.1 Å². The lowest BCUT2D eigenvalue weighted by Crippen LogP contribution is -2.35. The van der Waals surface area contributed by atoms with Crippen LogP contribution in [0.3, 0.4) is 0 Å². The molecule has 0 amide bonds. The molecule has 0 saturated heterocycles. The Labute approximate surface area is 137 Å². The lowest BCUT2D eigenvalue weighted by atomic mass is 9.87. The molecule has 24 heavy (non-hydrogen) atoms. The lowest BCUT2D eigenvalue weighted by Gasteiger charge is -2.26. The van der Waals surface area contributed by atoms with E-state index in [1.807, 2.05) is 11.8 Å². The minimum absolute atomic E-state index is 0.0951. The molecule has 0 aliphatic carbocycles. The summed E-state index contributed by atoms with van der Waals surface area (Å²) in [5, 5.41) is 10.2. The van der Waals surface area contributed by atoms with Crippen LogP contribution in [0.5, 0.6) is 5.88 Å². The summed E-state index contributed by atoms with van der Waals surface area (Å²) in [7, 11) is 7.43. The first-order valence-corrected chi connectivity index (χ1v) is 7.19. The van der Waals surface area contributed by atoms with Gasteiger partial charge in [-0.1, -0.05) is 6.07 Å². The normalized spacial score (nSPS) is 19.0. The minimum atomic E-state index is -2.48. The number of ether oxygens (including phenoxy) is 1. The molecule has 2 atom stereocenters. The summed E-state index contributed by atoms with van der Waals surface area (Å²) in [6.45, 7) is 2.42. The van der Waals surface area contributed by atoms with Crippen LogP contribution < -0.4 is 15.3 Å². The fourth-order valence-corrected chi connectivity index (χ4v) is 2.54. The summed E-state index contributed by atoms with van der Waals surface area (Å²) in [4.78, 5) is 17.6. The topological polar surface area (TPSA) is 67.6 Å². The van der Waals surface area contributed by atoms with Gasteiger partial charge < -0.3 is 14.7 Å². The summed E-state index contributed by atoms with van der Waals surface area (Å²) < 4.78 is 32.9. The van der Waals surface area contributed by atoms with Crippen LogP contribution in [0, 0.1) is 11.6 Å². The average Bonchev–Trinajstić information content (AvgIpc) is 2.78. The second-order valence-electron chi connectivity index (χ2n) is 5.73. The molecule has 1 aromatic heterocycles. The molecule has 0 fully saturated rings. The zero-order valence-electron chi connectivity index (χ0n) is 13.0. The van der Waals surface area contributed by atoms with Crippen molar-refractivity contribution in [3.63, 3.8) is 0 Å². The van der Waals surface area contributed by atoms with Crippen molar-refractivity contribution in [3.8, 4) is 5.88 Å². The Morgan fingerprint density at radius 2 is 2.08 bits per heavy atom. The van der Waals surface area contributed by atoms with Crippen LogP contribution in [0.1, 0.15) is 12.5 Å². The predicted molar refractivity (Wildman–Crippen MR) is 83.0 cm³/mol. The van der Waals surface area contributed by atoms with E-state index in [1.54, 1.807) is 7.05 Å². The minimum Gasteiger partial charge on any atom is -0.451 e. The molecule has 0 saturated carbocycles. The standard InChI is InChI=1S/C15H14BF2N3O3/c1-8-7-21-13(20(8)2)6-12(19-14(21)22)24-15(16,23)9-3-4-10(17)11(18)5-9/h3-6,8,23H,7H2,1-2H3. The van der Waals surface area contributed by atoms with Gasteiger partial charge in [0, 0.05) is 31.3 Å². The van der Waals surface area contributed by atoms with E-state index in [4.69, 9.17) is 12.6 Å². The first kappa shape index (κ1) is 16.4. The highest BCUT2D eigenvalue weighted by Gasteiger charge is 2.29. The van der Waals surface area contributed by atoms with E-state index in [1.165, 1.54) is 10.6 Å². The third-order valence-corrected chi connectivity index (χ3v) is 4.03. The van der Waals surface area contributed by atoms with Crippen LogP contribution in [0.25, 0.3) is 0 Å². The number of halogens is 2. The van der Waals surface area contributed by atoms with Crippen molar-refractivity contribution in [1.82, 2.24) is 9.55 Å². The maximum absolute atomic E-state index is 13.3. The van der Waals surface area contributed by atoms with Crippen LogP contribution in [0.15, 0.2) is 29.1 Å². The number of likely N-dealkylation sites (N-methyl/N-ethyl adjacent to an activating group) is 1. The number of rotatable bonds is 3. The molecule has 2 heterocycles. The number of anilines is 1. The van der Waals surface area contributed by atoms with E-state index >= 15 is 0 Å². The smallest absolute Gasteiger partial charge is 0.352 e. The maximum Gasteiger partial charge on any atom is 0.352 e. The van der Waals surface area contributed by atoms with Crippen molar-refractivity contribution >= 4 is 13.7 Å². The van der Waals surface area contributed by atoms with E-state index in [0.29, 0.717) is 18.4 Å². The maximum atomic E-state index is 13.3. The van der Waals surface area contributed by atoms with Gasteiger partial charge in [-0.05, 0) is 19.1 Å². The Bertz CT molecular complexity index is 856. The largest absolute Gasteiger partial charge is 0.451 e. The van der Waals surface area contributed by atoms with Crippen molar-refractivity contribution in [2.75, 3.05) is 11.9 Å². The first-order chi connectivity index (χ1) is 11.2. The summed E-state index contributed by atoms with van der Waals surface area (Å²) in [5.74, 6) is -1.94. The molecule has 2 aromatic rings. The third kappa shape index (κ3) is 2.75. The quantitative estimate of drug-likeness (QED) is 0.662. The third-order valence-electron chi connectivity index (χ3n) is 4.03. The van der Waals surface area contributed by atoms with Gasteiger partial charge in [0.1, 0.15) is 5.82 Å². The van der Waals surface area contributed by atoms with Crippen molar-refractivity contribution < 1.29 is 18.6 Å². The summed E-state index contributed by atoms with van der Waals surface area (Å²) in [6, 6.07) is 4.14. The van der Waals surface area contributed by atoms with Crippen LogP contribution >= 0.6 is 0 Å². The number of hydrogen-bond acceptors (Lipinski definition) is 5. The van der Waals surface area contributed by atoms with Crippen LogP contribution in [-0.4, -0.2) is 35.6 Å². The number of benzene rings is 1. The molecule has 1 aromatic carbocycles. The number of aliphatic hydroxyl groups is 1. The van der Waals surface area contributed by atoms with E-state index in [9.17, 15) is 18.7 Å². The second-order valence-corrected chi connectivity index (χ2v) is 5.73. The molecule has 1 N–H and O–H groups in total. The fourth-order valence-electron chi connectivity index (χ4n) is 2.54. The highest BCUT2D eigenvalue weighted by molar-refractivity contribution is 6.13. The fraction of sp³-hybridized carbons (Fsp3) is 0.333. The molecule has 1 aliphatic heterocycles. The molecule has 124 valence electrons. The highest BCUT2D eigenvalue weighted by atomic mass is 19.2. The van der Waals surface area contributed by atoms with Gasteiger partial charge >= 0.3 is 5.69 Å². The van der Waals surface area contributed by atoms with Crippen LogP contribution in [0.2, 0.25) is 0 Å². The molecular weight excluding hydrogens is 319 g/mol. The number of nitrogens with zero attached hydrogens (tertiary/aromatic N) is 3. The van der Waals surface area contributed by atoms with Crippen molar-refractivity contribution in [1.29, 1.82) is 0 Å². The Morgan fingerprint density at radius 1 is 1.38 bits per heavy atom. The first-order valence-electron chi connectivity index (χ1n) is 7.19. The molecule has 6 nitrogen and oxygen atoms in total. The SMILES string of the molecule is [B]C(O)(Oc1cc2n(c(=O)n1)CC(C)N2C)c1ccc(F)c(F)c1. The van der Waals surface area contributed by atoms with Gasteiger partial charge in [-0.3, -0.25) is 4.57 Å². The second kappa shape index (κ2) is 5.59. The molecule has 3 rings (SSSR count). The summed E-state index contributed by atoms with van der Waals surface area (Å²) >= 11 is 0. The molecule has 0 bridgehead atoms. The van der Waals surface area contributed by atoms with Gasteiger partial charge in [0.2, 0.25) is 5.88 Å². The molecule has 2 unspecified atom stereocenters. The number of fused-ring (bicyclic) bond motifs is 1. The van der Waals surface area contributed by atoms with Gasteiger partial charge in [0.05, 0.1) is 0 Å². The molecular formula is C15H14BF2N3O3. The predicted octanol–water partition coefficient (Wildman–Crippen LogP) is 0.710. The van der Waals surface area contributed by atoms with Gasteiger partial charge in [-0.2, -0.15) is 4.98 Å². The van der Waals surface area contributed by atoms with Gasteiger partial charge in [0.25, 0.3) is 0 Å². The zero-order valence-corrected chi connectivity index (χ0v) is 13.0. The molecule has 0 spiro atoms. The van der Waals surface area contributed by atoms with Gasteiger partial charge in [-0.15, -0.1) is 0 Å². The molecule has 1 aliphatic rings. The highest BCUT2D eigenvalue weighted by Crippen LogP contribution is 2.28. The van der Waals surface area contributed by atoms with Crippen molar-refractivity contribution in [2.45, 2.75) is 25.2 Å². The summed E-state index contributed by atoms with van der Waals surface area (Å²) in [6.07, 6.45) is 0. The Balaban J connectivity index is 1.95. The van der Waals surface area contributed by atoms with E-state index in [2.05, 4.69) is 4.98 Å². The summed E-state index contributed by atoms with van der Waals surface area (Å²) in [5.41, 5.74) is -3.25. The zero-order chi connectivity index (χ0) is 17.6. The van der Waals surface area contributed by atoms with Crippen molar-refractivity contribution in [3.05, 3.63) is 51.9 Å². The average molecular weight is 333 g/mol. The molecule has 9 heteroatoms.